The Labute approximate surface area is 141 Å². The summed E-state index contributed by atoms with van der Waals surface area (Å²) in [6.07, 6.45) is 1.80. The number of benzene rings is 2. The Morgan fingerprint density at radius 2 is 1.78 bits per heavy atom. The Bertz CT molecular complexity index is 993. The van der Waals surface area contributed by atoms with Crippen molar-refractivity contribution in [3.63, 3.8) is 0 Å². The molecule has 2 heterocycles. The van der Waals surface area contributed by atoms with E-state index in [2.05, 4.69) is 37.2 Å². The van der Waals surface area contributed by atoms with Crippen LogP contribution in [-0.2, 0) is 0 Å². The molecule has 0 bridgehead atoms. The van der Waals surface area contributed by atoms with Crippen LogP contribution >= 0.6 is 15.9 Å². The first kappa shape index (κ1) is 14.0. The van der Waals surface area contributed by atoms with Crippen molar-refractivity contribution in [2.45, 2.75) is 0 Å². The second kappa shape index (κ2) is 5.52. The Morgan fingerprint density at radius 3 is 2.61 bits per heavy atom. The number of aromatic amines is 1. The van der Waals surface area contributed by atoms with Crippen LogP contribution in [-0.4, -0.2) is 15.2 Å². The summed E-state index contributed by atoms with van der Waals surface area (Å²) in [6.45, 7) is 0. The van der Waals surface area contributed by atoms with Crippen molar-refractivity contribution >= 4 is 32.7 Å². The number of pyridine rings is 1. The van der Waals surface area contributed by atoms with Crippen LogP contribution in [0.15, 0.2) is 65.3 Å². The lowest BCUT2D eigenvalue weighted by atomic mass is 10.0. The molecule has 0 radical (unpaired) electrons. The number of nitrogens with one attached hydrogen (secondary N) is 1. The average molecular weight is 365 g/mol. The SMILES string of the molecule is Nc1ccc(Br)cc1-c1cnc2n[nH]c(-c3ccccc3)c2c1. The number of H-pyrrole nitrogens is 1. The molecule has 0 saturated carbocycles. The van der Waals surface area contributed by atoms with Crippen LogP contribution < -0.4 is 5.73 Å². The van der Waals surface area contributed by atoms with Gasteiger partial charge in [-0.05, 0) is 24.3 Å². The minimum absolute atomic E-state index is 0.696. The van der Waals surface area contributed by atoms with Crippen LogP contribution in [0.2, 0.25) is 0 Å². The monoisotopic (exact) mass is 364 g/mol. The summed E-state index contributed by atoms with van der Waals surface area (Å²) in [6, 6.07) is 18.0. The van der Waals surface area contributed by atoms with Gasteiger partial charge in [0, 0.05) is 38.4 Å². The number of nitrogens with two attached hydrogens (primary N) is 1. The van der Waals surface area contributed by atoms with Crippen molar-refractivity contribution in [1.82, 2.24) is 15.2 Å². The Hall–Kier alpha value is -2.66. The van der Waals surface area contributed by atoms with E-state index >= 15 is 0 Å². The Balaban J connectivity index is 1.92. The van der Waals surface area contributed by atoms with Crippen LogP contribution in [0.1, 0.15) is 0 Å². The molecule has 0 fully saturated rings. The van der Waals surface area contributed by atoms with Gasteiger partial charge in [0.15, 0.2) is 5.65 Å². The lowest BCUT2D eigenvalue weighted by Crippen LogP contribution is -1.91. The first-order valence-electron chi connectivity index (χ1n) is 7.17. The zero-order chi connectivity index (χ0) is 15.8. The fourth-order valence-corrected chi connectivity index (χ4v) is 3.01. The third-order valence-electron chi connectivity index (χ3n) is 3.80. The van der Waals surface area contributed by atoms with E-state index in [4.69, 9.17) is 5.73 Å². The second-order valence-corrected chi connectivity index (χ2v) is 6.21. The first-order chi connectivity index (χ1) is 11.2. The predicted molar refractivity (Wildman–Crippen MR) is 96.9 cm³/mol. The van der Waals surface area contributed by atoms with E-state index in [-0.39, 0.29) is 0 Å². The number of rotatable bonds is 2. The van der Waals surface area contributed by atoms with Crippen molar-refractivity contribution in [2.24, 2.45) is 0 Å². The van der Waals surface area contributed by atoms with Crippen molar-refractivity contribution in [3.8, 4) is 22.4 Å². The quantitative estimate of drug-likeness (QED) is 0.509. The van der Waals surface area contributed by atoms with Gasteiger partial charge in [0.25, 0.3) is 0 Å². The van der Waals surface area contributed by atoms with Crippen molar-refractivity contribution < 1.29 is 0 Å². The number of fused-ring (bicyclic) bond motifs is 1. The van der Waals surface area contributed by atoms with Gasteiger partial charge < -0.3 is 5.73 Å². The lowest BCUT2D eigenvalue weighted by Gasteiger charge is -2.07. The highest BCUT2D eigenvalue weighted by Crippen LogP contribution is 2.32. The van der Waals surface area contributed by atoms with Crippen LogP contribution in [0, 0.1) is 0 Å². The van der Waals surface area contributed by atoms with Crippen LogP contribution in [0.4, 0.5) is 5.69 Å². The van der Waals surface area contributed by atoms with Crippen LogP contribution in [0.3, 0.4) is 0 Å². The maximum absolute atomic E-state index is 6.12. The van der Waals surface area contributed by atoms with Gasteiger partial charge in [-0.25, -0.2) is 4.98 Å². The summed E-state index contributed by atoms with van der Waals surface area (Å²) in [5.74, 6) is 0. The molecule has 112 valence electrons. The average Bonchev–Trinajstić information content (AvgIpc) is 3.01. The highest BCUT2D eigenvalue weighted by atomic mass is 79.9. The summed E-state index contributed by atoms with van der Waals surface area (Å²) >= 11 is 3.49. The lowest BCUT2D eigenvalue weighted by molar-refractivity contribution is 1.10. The van der Waals surface area contributed by atoms with Crippen LogP contribution in [0.25, 0.3) is 33.4 Å². The zero-order valence-electron chi connectivity index (χ0n) is 12.1. The largest absolute Gasteiger partial charge is 0.398 e. The molecular weight excluding hydrogens is 352 g/mol. The van der Waals surface area contributed by atoms with E-state index in [1.807, 2.05) is 48.5 Å². The molecule has 2 aromatic carbocycles. The summed E-state index contributed by atoms with van der Waals surface area (Å²) in [5, 5.41) is 8.35. The van der Waals surface area contributed by atoms with E-state index in [0.29, 0.717) is 5.65 Å². The van der Waals surface area contributed by atoms with Gasteiger partial charge in [0.05, 0.1) is 5.69 Å². The molecule has 0 saturated heterocycles. The van der Waals surface area contributed by atoms with E-state index < -0.39 is 0 Å². The van der Waals surface area contributed by atoms with Gasteiger partial charge in [0.2, 0.25) is 0 Å². The molecule has 0 unspecified atom stereocenters. The van der Waals surface area contributed by atoms with Gasteiger partial charge in [-0.3, -0.25) is 5.10 Å². The summed E-state index contributed by atoms with van der Waals surface area (Å²) < 4.78 is 0.984. The number of nitrogen functional groups attached to an aromatic ring is 1. The minimum Gasteiger partial charge on any atom is -0.398 e. The topological polar surface area (TPSA) is 67.6 Å². The Kier molecular flexibility index (Phi) is 3.35. The smallest absolute Gasteiger partial charge is 0.181 e. The third-order valence-corrected chi connectivity index (χ3v) is 4.29. The molecule has 0 spiro atoms. The van der Waals surface area contributed by atoms with Crippen molar-refractivity contribution in [2.75, 3.05) is 5.73 Å². The highest BCUT2D eigenvalue weighted by Gasteiger charge is 2.11. The molecule has 3 N–H and O–H groups in total. The maximum Gasteiger partial charge on any atom is 0.181 e. The molecule has 4 nitrogen and oxygen atoms in total. The fraction of sp³-hybridized carbons (Fsp3) is 0. The molecule has 0 aliphatic carbocycles. The van der Waals surface area contributed by atoms with E-state index in [0.717, 1.165) is 37.9 Å². The number of anilines is 1. The summed E-state index contributed by atoms with van der Waals surface area (Å²) in [5.41, 5.74) is 11.5. The van der Waals surface area contributed by atoms with E-state index in [9.17, 15) is 0 Å². The molecule has 4 rings (SSSR count). The molecule has 0 atom stereocenters. The van der Waals surface area contributed by atoms with Gasteiger partial charge in [-0.2, -0.15) is 5.10 Å². The molecule has 0 aliphatic rings. The number of nitrogens with zero attached hydrogens (tertiary/aromatic N) is 2. The predicted octanol–water partition coefficient (Wildman–Crippen LogP) is 4.64. The normalized spacial score (nSPS) is 11.0. The van der Waals surface area contributed by atoms with Gasteiger partial charge in [0.1, 0.15) is 0 Å². The van der Waals surface area contributed by atoms with Crippen molar-refractivity contribution in [3.05, 3.63) is 65.3 Å². The Morgan fingerprint density at radius 1 is 0.957 bits per heavy atom. The second-order valence-electron chi connectivity index (χ2n) is 5.29. The van der Waals surface area contributed by atoms with Gasteiger partial charge in [-0.1, -0.05) is 46.3 Å². The standard InChI is InChI=1S/C18H13BrN4/c19-13-6-7-16(20)14(9-13)12-8-15-17(11-4-2-1-3-5-11)22-23-18(15)21-10-12/h1-10H,20H2,(H,21,22,23). The minimum atomic E-state index is 0.696. The molecular formula is C18H13BrN4. The first-order valence-corrected chi connectivity index (χ1v) is 7.96. The van der Waals surface area contributed by atoms with Gasteiger partial charge >= 0.3 is 0 Å². The molecule has 0 amide bonds. The molecule has 5 heteroatoms. The number of hydrogen-bond acceptors (Lipinski definition) is 3. The molecule has 2 aromatic heterocycles. The molecule has 4 aromatic rings. The zero-order valence-corrected chi connectivity index (χ0v) is 13.7. The van der Waals surface area contributed by atoms with Crippen LogP contribution in [0.5, 0.6) is 0 Å². The third kappa shape index (κ3) is 2.49. The highest BCUT2D eigenvalue weighted by molar-refractivity contribution is 9.10. The van der Waals surface area contributed by atoms with Gasteiger partial charge in [-0.15, -0.1) is 0 Å². The number of aromatic nitrogens is 3. The summed E-state index contributed by atoms with van der Waals surface area (Å²) in [7, 11) is 0. The number of halogens is 1. The molecule has 23 heavy (non-hydrogen) atoms. The van der Waals surface area contributed by atoms with E-state index in [1.165, 1.54) is 0 Å². The van der Waals surface area contributed by atoms with Crippen molar-refractivity contribution in [1.29, 1.82) is 0 Å². The fourth-order valence-electron chi connectivity index (χ4n) is 2.65. The number of hydrogen-bond donors (Lipinski definition) is 2. The van der Waals surface area contributed by atoms with E-state index in [1.54, 1.807) is 6.20 Å². The maximum atomic E-state index is 6.12. The summed E-state index contributed by atoms with van der Waals surface area (Å²) in [4.78, 5) is 4.46. The molecule has 0 aliphatic heterocycles.